The van der Waals surface area contributed by atoms with Crippen LogP contribution in [0.4, 0.5) is 11.5 Å². The van der Waals surface area contributed by atoms with Crippen LogP contribution in [0.1, 0.15) is 43.1 Å². The lowest BCUT2D eigenvalue weighted by molar-refractivity contribution is -0.122. The van der Waals surface area contributed by atoms with Crippen molar-refractivity contribution in [2.75, 3.05) is 16.8 Å². The molecule has 2 heterocycles. The van der Waals surface area contributed by atoms with Gasteiger partial charge in [0.1, 0.15) is 5.76 Å². The van der Waals surface area contributed by atoms with Crippen LogP contribution in [0.15, 0.2) is 28.8 Å². The summed E-state index contributed by atoms with van der Waals surface area (Å²) in [4.78, 5) is 26.8. The van der Waals surface area contributed by atoms with E-state index in [2.05, 4.69) is 24.3 Å². The van der Waals surface area contributed by atoms with Crippen molar-refractivity contribution in [1.29, 1.82) is 0 Å². The zero-order chi connectivity index (χ0) is 18.1. The van der Waals surface area contributed by atoms with Gasteiger partial charge in [0.05, 0.1) is 5.92 Å². The first-order valence-corrected chi connectivity index (χ1v) is 8.51. The summed E-state index contributed by atoms with van der Waals surface area (Å²) in [5.74, 6) is 0.683. The molecule has 1 aromatic heterocycles. The van der Waals surface area contributed by atoms with Crippen molar-refractivity contribution in [3.63, 3.8) is 0 Å². The van der Waals surface area contributed by atoms with Gasteiger partial charge in [-0.1, -0.05) is 37.2 Å². The van der Waals surface area contributed by atoms with E-state index >= 15 is 0 Å². The predicted molar refractivity (Wildman–Crippen MR) is 95.6 cm³/mol. The maximum Gasteiger partial charge on any atom is 0.231 e. The van der Waals surface area contributed by atoms with Gasteiger partial charge in [0.15, 0.2) is 5.82 Å². The molecule has 1 aromatic carbocycles. The van der Waals surface area contributed by atoms with Crippen LogP contribution in [0, 0.1) is 19.8 Å². The first kappa shape index (κ1) is 17.2. The van der Waals surface area contributed by atoms with Crippen molar-refractivity contribution in [2.24, 2.45) is 5.92 Å². The summed E-state index contributed by atoms with van der Waals surface area (Å²) in [5.41, 5.74) is 3.12. The second kappa shape index (κ2) is 6.70. The summed E-state index contributed by atoms with van der Waals surface area (Å²) in [6.07, 6.45) is 0.203. The highest BCUT2D eigenvalue weighted by Crippen LogP contribution is 2.35. The van der Waals surface area contributed by atoms with Crippen LogP contribution in [0.25, 0.3) is 0 Å². The molecule has 1 aliphatic heterocycles. The van der Waals surface area contributed by atoms with Crippen molar-refractivity contribution < 1.29 is 14.1 Å². The standard InChI is InChI=1S/C19H23N3O3/c1-11(2)15-7-5-6-12(3)18(15)22-10-14(9-17(22)23)19(24)20-16-8-13(4)25-21-16/h5-8,11,14H,9-10H2,1-4H3,(H,20,21,24). The summed E-state index contributed by atoms with van der Waals surface area (Å²) >= 11 is 0. The lowest BCUT2D eigenvalue weighted by atomic mass is 9.97. The highest BCUT2D eigenvalue weighted by molar-refractivity contribution is 6.04. The van der Waals surface area contributed by atoms with Gasteiger partial charge in [-0.05, 0) is 30.9 Å². The third kappa shape index (κ3) is 3.43. The second-order valence-corrected chi connectivity index (χ2v) is 6.88. The average Bonchev–Trinajstić information content (AvgIpc) is 3.13. The number of nitrogens with one attached hydrogen (secondary N) is 1. The summed E-state index contributed by atoms with van der Waals surface area (Å²) in [7, 11) is 0. The number of rotatable bonds is 4. The van der Waals surface area contributed by atoms with Crippen molar-refractivity contribution in [1.82, 2.24) is 5.16 Å². The number of hydrogen-bond acceptors (Lipinski definition) is 4. The van der Waals surface area contributed by atoms with E-state index in [-0.39, 0.29) is 18.2 Å². The maximum absolute atomic E-state index is 12.6. The molecular formula is C19H23N3O3. The molecule has 1 saturated heterocycles. The number of hydrogen-bond donors (Lipinski definition) is 1. The van der Waals surface area contributed by atoms with Crippen molar-refractivity contribution in [3.05, 3.63) is 41.2 Å². The van der Waals surface area contributed by atoms with Gasteiger partial charge < -0.3 is 14.7 Å². The number of aryl methyl sites for hydroxylation is 2. The molecule has 3 rings (SSSR count). The molecule has 2 amide bonds. The minimum absolute atomic E-state index is 0.0207. The molecule has 1 atom stereocenters. The van der Waals surface area contributed by atoms with Gasteiger partial charge in [-0.3, -0.25) is 9.59 Å². The fourth-order valence-corrected chi connectivity index (χ4v) is 3.27. The minimum Gasteiger partial charge on any atom is -0.360 e. The molecular weight excluding hydrogens is 318 g/mol. The molecule has 132 valence electrons. The third-order valence-electron chi connectivity index (χ3n) is 4.54. The molecule has 0 bridgehead atoms. The molecule has 2 aromatic rings. The highest BCUT2D eigenvalue weighted by atomic mass is 16.5. The van der Waals surface area contributed by atoms with Crippen LogP contribution in [-0.2, 0) is 9.59 Å². The molecule has 0 aliphatic carbocycles. The van der Waals surface area contributed by atoms with Gasteiger partial charge in [0.25, 0.3) is 0 Å². The summed E-state index contributed by atoms with van der Waals surface area (Å²) < 4.78 is 4.96. The Labute approximate surface area is 147 Å². The van der Waals surface area contributed by atoms with E-state index in [1.54, 1.807) is 17.9 Å². The molecule has 6 heteroatoms. The van der Waals surface area contributed by atoms with E-state index in [1.165, 1.54) is 0 Å². The number of carbonyl (C=O) groups excluding carboxylic acids is 2. The molecule has 0 radical (unpaired) electrons. The normalized spacial score (nSPS) is 17.4. The Morgan fingerprint density at radius 1 is 1.36 bits per heavy atom. The van der Waals surface area contributed by atoms with Gasteiger partial charge in [-0.15, -0.1) is 0 Å². The summed E-state index contributed by atoms with van der Waals surface area (Å²) in [6.45, 7) is 8.35. The Hall–Kier alpha value is -2.63. The number of anilines is 2. The molecule has 1 fully saturated rings. The quantitative estimate of drug-likeness (QED) is 0.925. The topological polar surface area (TPSA) is 75.4 Å². The van der Waals surface area contributed by atoms with Gasteiger partial charge in [-0.2, -0.15) is 0 Å². The smallest absolute Gasteiger partial charge is 0.231 e. The number of aromatic nitrogens is 1. The van der Waals surface area contributed by atoms with Crippen LogP contribution in [0.5, 0.6) is 0 Å². The fraction of sp³-hybridized carbons (Fsp3) is 0.421. The zero-order valence-electron chi connectivity index (χ0n) is 15.0. The molecule has 1 unspecified atom stereocenters. The van der Waals surface area contributed by atoms with E-state index < -0.39 is 5.92 Å². The van der Waals surface area contributed by atoms with E-state index in [4.69, 9.17) is 4.52 Å². The van der Waals surface area contributed by atoms with E-state index in [0.29, 0.717) is 24.0 Å². The van der Waals surface area contributed by atoms with Gasteiger partial charge in [0, 0.05) is 24.7 Å². The Kier molecular flexibility index (Phi) is 4.61. The number of benzene rings is 1. The molecule has 1 N–H and O–H groups in total. The summed E-state index contributed by atoms with van der Waals surface area (Å²) in [6, 6.07) is 7.71. The van der Waals surface area contributed by atoms with Crippen LogP contribution in [0.3, 0.4) is 0 Å². The number of para-hydroxylation sites is 1. The second-order valence-electron chi connectivity index (χ2n) is 6.88. The van der Waals surface area contributed by atoms with Crippen molar-refractivity contribution in [2.45, 2.75) is 40.0 Å². The average molecular weight is 341 g/mol. The Balaban J connectivity index is 1.80. The van der Waals surface area contributed by atoms with Gasteiger partial charge >= 0.3 is 0 Å². The van der Waals surface area contributed by atoms with Gasteiger partial charge in [0.2, 0.25) is 11.8 Å². The van der Waals surface area contributed by atoms with E-state index in [9.17, 15) is 9.59 Å². The predicted octanol–water partition coefficient (Wildman–Crippen LogP) is 3.41. The number of carbonyl (C=O) groups is 2. The van der Waals surface area contributed by atoms with Crippen LogP contribution in [-0.4, -0.2) is 23.5 Å². The van der Waals surface area contributed by atoms with Crippen LogP contribution >= 0.6 is 0 Å². The first-order valence-electron chi connectivity index (χ1n) is 8.51. The van der Waals surface area contributed by atoms with E-state index in [1.807, 2.05) is 25.1 Å². The minimum atomic E-state index is -0.399. The van der Waals surface area contributed by atoms with Crippen LogP contribution in [0.2, 0.25) is 0 Å². The Bertz CT molecular complexity index is 810. The lowest BCUT2D eigenvalue weighted by Gasteiger charge is -2.24. The zero-order valence-corrected chi connectivity index (χ0v) is 15.0. The van der Waals surface area contributed by atoms with Crippen molar-refractivity contribution in [3.8, 4) is 0 Å². The fourth-order valence-electron chi connectivity index (χ4n) is 3.27. The summed E-state index contributed by atoms with van der Waals surface area (Å²) in [5, 5.41) is 6.50. The van der Waals surface area contributed by atoms with E-state index in [0.717, 1.165) is 16.8 Å². The molecule has 25 heavy (non-hydrogen) atoms. The maximum atomic E-state index is 12.6. The number of nitrogens with zero attached hydrogens (tertiary/aromatic N) is 2. The number of amides is 2. The molecule has 0 spiro atoms. The third-order valence-corrected chi connectivity index (χ3v) is 4.54. The van der Waals surface area contributed by atoms with Crippen LogP contribution < -0.4 is 10.2 Å². The first-order chi connectivity index (χ1) is 11.9. The molecule has 6 nitrogen and oxygen atoms in total. The molecule has 1 aliphatic rings. The highest BCUT2D eigenvalue weighted by Gasteiger charge is 2.37. The monoisotopic (exact) mass is 341 g/mol. The Morgan fingerprint density at radius 3 is 2.76 bits per heavy atom. The SMILES string of the molecule is Cc1cc(NC(=O)C2CC(=O)N(c3c(C)cccc3C(C)C)C2)no1. The van der Waals surface area contributed by atoms with Gasteiger partial charge in [-0.25, -0.2) is 0 Å². The largest absolute Gasteiger partial charge is 0.360 e. The van der Waals surface area contributed by atoms with Crippen molar-refractivity contribution >= 4 is 23.3 Å². The lowest BCUT2D eigenvalue weighted by Crippen LogP contribution is -2.29. The molecule has 0 saturated carbocycles. The Morgan fingerprint density at radius 2 is 2.12 bits per heavy atom.